The highest BCUT2D eigenvalue weighted by atomic mass is 19.4. The zero-order valence-electron chi connectivity index (χ0n) is 15.8. The number of nitro groups is 1. The number of aromatic nitrogens is 3. The van der Waals surface area contributed by atoms with Gasteiger partial charge < -0.3 is 4.74 Å². The molecule has 0 bridgehead atoms. The van der Waals surface area contributed by atoms with Crippen LogP contribution in [0.5, 0.6) is 0 Å². The van der Waals surface area contributed by atoms with Gasteiger partial charge in [0.05, 0.1) is 22.5 Å². The maximum Gasteiger partial charge on any atom is 0.414 e. The Morgan fingerprint density at radius 3 is 2.46 bits per heavy atom. The van der Waals surface area contributed by atoms with Crippen LogP contribution in [-0.4, -0.2) is 43.9 Å². The first-order valence-electron chi connectivity index (χ1n) is 8.28. The van der Waals surface area contributed by atoms with Crippen molar-refractivity contribution in [2.24, 2.45) is 0 Å². The number of aryl methyl sites for hydroxylation is 1. The van der Waals surface area contributed by atoms with E-state index in [4.69, 9.17) is 4.74 Å². The topological polar surface area (TPSA) is 103 Å². The molecule has 1 amide bonds. The van der Waals surface area contributed by atoms with Crippen molar-refractivity contribution in [3.05, 3.63) is 27.7 Å². The highest BCUT2D eigenvalue weighted by Gasteiger charge is 2.61. The van der Waals surface area contributed by atoms with Crippen molar-refractivity contribution in [2.45, 2.75) is 51.8 Å². The summed E-state index contributed by atoms with van der Waals surface area (Å²) in [6, 6.07) is 0. The molecular weight excluding hydrogens is 383 g/mol. The second-order valence-corrected chi connectivity index (χ2v) is 7.81. The molecule has 0 aliphatic carbocycles. The molecule has 0 saturated carbocycles. The monoisotopic (exact) mass is 401 g/mol. The summed E-state index contributed by atoms with van der Waals surface area (Å²) in [6.45, 7) is 6.24. The van der Waals surface area contributed by atoms with Gasteiger partial charge in [0.2, 0.25) is 5.65 Å². The van der Waals surface area contributed by atoms with E-state index in [1.54, 1.807) is 20.8 Å². The summed E-state index contributed by atoms with van der Waals surface area (Å²) in [4.78, 5) is 27.8. The Hall–Kier alpha value is -2.92. The molecule has 0 spiro atoms. The maximum atomic E-state index is 14.0. The minimum Gasteiger partial charge on any atom is -0.443 e. The van der Waals surface area contributed by atoms with Crippen LogP contribution in [0.25, 0.3) is 5.65 Å². The predicted octanol–water partition coefficient (Wildman–Crippen LogP) is 3.52. The molecule has 2 aromatic heterocycles. The zero-order chi connectivity index (χ0) is 21.2. The van der Waals surface area contributed by atoms with E-state index in [1.807, 2.05) is 0 Å². The first-order chi connectivity index (χ1) is 12.7. The van der Waals surface area contributed by atoms with Gasteiger partial charge >= 0.3 is 18.0 Å². The number of alkyl halides is 3. The Morgan fingerprint density at radius 1 is 1.36 bits per heavy atom. The van der Waals surface area contributed by atoms with Gasteiger partial charge in [0, 0.05) is 6.54 Å². The van der Waals surface area contributed by atoms with Gasteiger partial charge in [-0.25, -0.2) is 14.3 Å². The Balaban J connectivity index is 2.29. The molecule has 1 atom stereocenters. The minimum absolute atomic E-state index is 0.0776. The molecule has 3 heterocycles. The Morgan fingerprint density at radius 2 is 1.96 bits per heavy atom. The van der Waals surface area contributed by atoms with Crippen molar-refractivity contribution in [1.82, 2.24) is 14.6 Å². The number of ether oxygens (including phenoxy) is 1. The van der Waals surface area contributed by atoms with Gasteiger partial charge in [-0.05, 0) is 34.6 Å². The van der Waals surface area contributed by atoms with Crippen molar-refractivity contribution in [3.8, 4) is 0 Å². The molecule has 9 nitrogen and oxygen atoms in total. The van der Waals surface area contributed by atoms with E-state index in [0.29, 0.717) is 0 Å². The number of hydrogen-bond donors (Lipinski definition) is 0. The Labute approximate surface area is 157 Å². The summed E-state index contributed by atoms with van der Waals surface area (Å²) in [7, 11) is 0. The third-order valence-electron chi connectivity index (χ3n) is 4.48. The molecule has 0 radical (unpaired) electrons. The molecule has 0 fully saturated rings. The van der Waals surface area contributed by atoms with Gasteiger partial charge in [-0.3, -0.25) is 15.0 Å². The van der Waals surface area contributed by atoms with Crippen LogP contribution in [0.3, 0.4) is 0 Å². The van der Waals surface area contributed by atoms with Crippen LogP contribution in [0.2, 0.25) is 0 Å². The van der Waals surface area contributed by atoms with Crippen molar-refractivity contribution in [1.29, 1.82) is 0 Å². The number of amides is 1. The molecule has 1 aliphatic rings. The molecule has 28 heavy (non-hydrogen) atoms. The van der Waals surface area contributed by atoms with Crippen LogP contribution in [0, 0.1) is 17.0 Å². The lowest BCUT2D eigenvalue weighted by Crippen LogP contribution is -2.46. The number of carbonyl (C=O) groups is 1. The second-order valence-electron chi connectivity index (χ2n) is 7.81. The number of nitrogens with zero attached hydrogens (tertiary/aromatic N) is 5. The molecule has 1 aliphatic heterocycles. The van der Waals surface area contributed by atoms with E-state index in [9.17, 15) is 28.1 Å². The van der Waals surface area contributed by atoms with Crippen molar-refractivity contribution < 1.29 is 27.6 Å². The first-order valence-corrected chi connectivity index (χ1v) is 8.28. The number of hydrogen-bond acceptors (Lipinski definition) is 6. The molecule has 1 unspecified atom stereocenters. The molecule has 3 rings (SSSR count). The average Bonchev–Trinajstić information content (AvgIpc) is 2.99. The minimum atomic E-state index is -4.76. The molecule has 0 N–H and O–H groups in total. The summed E-state index contributed by atoms with van der Waals surface area (Å²) in [5.74, 6) is 0. The number of fused-ring (bicyclic) bond motifs is 3. The van der Waals surface area contributed by atoms with Crippen LogP contribution in [0.1, 0.15) is 39.1 Å². The van der Waals surface area contributed by atoms with Gasteiger partial charge in [-0.15, -0.1) is 0 Å². The van der Waals surface area contributed by atoms with Gasteiger partial charge in [0.15, 0.2) is 0 Å². The van der Waals surface area contributed by atoms with Gasteiger partial charge in [0.1, 0.15) is 16.7 Å². The molecule has 152 valence electrons. The average molecular weight is 401 g/mol. The van der Waals surface area contributed by atoms with Crippen molar-refractivity contribution in [2.75, 3.05) is 11.4 Å². The molecule has 2 aromatic rings. The van der Waals surface area contributed by atoms with Crippen LogP contribution in [0.4, 0.5) is 29.3 Å². The third-order valence-corrected chi connectivity index (χ3v) is 4.48. The quantitative estimate of drug-likeness (QED) is 0.535. The second kappa shape index (κ2) is 5.79. The lowest BCUT2D eigenvalue weighted by atomic mass is 9.87. The van der Waals surface area contributed by atoms with Crippen LogP contribution in [0.15, 0.2) is 6.20 Å². The van der Waals surface area contributed by atoms with Crippen molar-refractivity contribution >= 4 is 23.1 Å². The fraction of sp³-hybridized carbons (Fsp3) is 0.562. The predicted molar refractivity (Wildman–Crippen MR) is 91.4 cm³/mol. The number of halogens is 3. The number of carbonyl (C=O) groups excluding carboxylic acids is 1. The normalized spacial score (nSPS) is 19.8. The molecular formula is C16H18F3N5O4. The van der Waals surface area contributed by atoms with E-state index in [0.717, 1.165) is 22.5 Å². The molecule has 0 saturated heterocycles. The summed E-state index contributed by atoms with van der Waals surface area (Å²) in [5, 5.41) is 15.2. The SMILES string of the molecule is Cc1nn2c3c(cnc2c1[N+](=O)[O-])N(C(=O)OC(C)(C)C)CC3(C)C(F)(F)F. The number of rotatable bonds is 1. The molecule has 12 heteroatoms. The number of anilines is 1. The van der Waals surface area contributed by atoms with Gasteiger partial charge in [-0.1, -0.05) is 0 Å². The van der Waals surface area contributed by atoms with E-state index in [2.05, 4.69) is 10.1 Å². The third kappa shape index (κ3) is 2.83. The molecule has 0 aromatic carbocycles. The highest BCUT2D eigenvalue weighted by molar-refractivity contribution is 5.91. The summed E-state index contributed by atoms with van der Waals surface area (Å²) in [5.41, 5.74) is -4.87. The largest absolute Gasteiger partial charge is 0.443 e. The van der Waals surface area contributed by atoms with Gasteiger partial charge in [0.25, 0.3) is 0 Å². The maximum absolute atomic E-state index is 14.0. The lowest BCUT2D eigenvalue weighted by molar-refractivity contribution is -0.383. The van der Waals surface area contributed by atoms with Crippen LogP contribution >= 0.6 is 0 Å². The van der Waals surface area contributed by atoms with Crippen LogP contribution in [-0.2, 0) is 10.2 Å². The zero-order valence-corrected chi connectivity index (χ0v) is 15.8. The highest BCUT2D eigenvalue weighted by Crippen LogP contribution is 2.50. The Bertz CT molecular complexity index is 995. The fourth-order valence-corrected chi connectivity index (χ4v) is 3.18. The summed E-state index contributed by atoms with van der Waals surface area (Å²) >= 11 is 0. The lowest BCUT2D eigenvalue weighted by Gasteiger charge is -2.29. The van der Waals surface area contributed by atoms with E-state index in [1.165, 1.54) is 6.92 Å². The summed E-state index contributed by atoms with van der Waals surface area (Å²) in [6.07, 6.45) is -4.72. The first kappa shape index (κ1) is 19.8. The van der Waals surface area contributed by atoms with Crippen molar-refractivity contribution in [3.63, 3.8) is 0 Å². The Kier molecular flexibility index (Phi) is 4.10. The summed E-state index contributed by atoms with van der Waals surface area (Å²) < 4.78 is 48.1. The fourth-order valence-electron chi connectivity index (χ4n) is 3.18. The van der Waals surface area contributed by atoms with E-state index >= 15 is 0 Å². The standard InChI is InChI=1S/C16H18F3N5O4/c1-8-10(24(26)27)12-20-6-9-11(23(12)21-8)15(5,16(17,18)19)7-22(9)13(25)28-14(2,3)4/h6H,7H2,1-5H3. The van der Waals surface area contributed by atoms with Crippen LogP contribution < -0.4 is 4.90 Å². The van der Waals surface area contributed by atoms with E-state index in [-0.39, 0.29) is 17.0 Å². The van der Waals surface area contributed by atoms with Gasteiger partial charge in [-0.2, -0.15) is 18.3 Å². The smallest absolute Gasteiger partial charge is 0.414 e. The van der Waals surface area contributed by atoms with E-state index < -0.39 is 46.1 Å².